The largest absolute Gasteiger partial charge is 0.309 e. The number of hydrazine groups is 1. The molecular weight excluding hydrogens is 304 g/mol. The average Bonchev–Trinajstić information content (AvgIpc) is 3.01. The lowest BCUT2D eigenvalue weighted by Crippen LogP contribution is -2.40. The van der Waals surface area contributed by atoms with Gasteiger partial charge < -0.3 is 5.43 Å². The van der Waals surface area contributed by atoms with Gasteiger partial charge in [0.15, 0.2) is 5.11 Å². The second-order valence-electron chi connectivity index (χ2n) is 5.90. The van der Waals surface area contributed by atoms with Crippen LogP contribution >= 0.6 is 10.5 Å². The van der Waals surface area contributed by atoms with E-state index in [9.17, 15) is 0 Å². The number of anilines is 1. The average molecular weight is 326 g/mol. The molecule has 0 aromatic heterocycles. The zero-order valence-electron chi connectivity index (χ0n) is 13.8. The van der Waals surface area contributed by atoms with E-state index in [4.69, 9.17) is 0 Å². The van der Waals surface area contributed by atoms with E-state index in [1.54, 1.807) is 0 Å². The highest BCUT2D eigenvalue weighted by atomic mass is 32.2. The van der Waals surface area contributed by atoms with Gasteiger partial charge in [0.25, 0.3) is 0 Å². The van der Waals surface area contributed by atoms with Crippen molar-refractivity contribution in [3.05, 3.63) is 35.9 Å². The van der Waals surface area contributed by atoms with Crippen molar-refractivity contribution in [1.82, 2.24) is 5.01 Å². The summed E-state index contributed by atoms with van der Waals surface area (Å²) in [5.41, 5.74) is 6.24. The van der Waals surface area contributed by atoms with Gasteiger partial charge in [-0.2, -0.15) is 5.11 Å². The molecule has 2 aromatic rings. The van der Waals surface area contributed by atoms with Crippen LogP contribution in [-0.2, 0) is 6.42 Å². The van der Waals surface area contributed by atoms with Gasteiger partial charge in [-0.25, -0.2) is 0 Å². The van der Waals surface area contributed by atoms with Crippen LogP contribution in [0.3, 0.4) is 0 Å². The van der Waals surface area contributed by atoms with Crippen molar-refractivity contribution in [2.24, 2.45) is 10.2 Å². The number of azo groups is 1. The van der Waals surface area contributed by atoms with Gasteiger partial charge >= 0.3 is 0 Å². The first-order valence-corrected chi connectivity index (χ1v) is 9.76. The van der Waals surface area contributed by atoms with E-state index in [-0.39, 0.29) is 16.6 Å². The Morgan fingerprint density at radius 3 is 2.78 bits per heavy atom. The quantitative estimate of drug-likeness (QED) is 0.808. The monoisotopic (exact) mass is 326 g/mol. The molecule has 0 bridgehead atoms. The van der Waals surface area contributed by atoms with Crippen molar-refractivity contribution < 1.29 is 0 Å². The molecular formula is C18H22N4S. The van der Waals surface area contributed by atoms with Crippen LogP contribution in [0.25, 0.3) is 10.8 Å². The van der Waals surface area contributed by atoms with Crippen LogP contribution in [0.15, 0.2) is 45.5 Å². The maximum atomic E-state index is 4.49. The van der Waals surface area contributed by atoms with Crippen LogP contribution < -0.4 is 5.43 Å². The first kappa shape index (κ1) is 14.8. The highest BCUT2D eigenvalue weighted by Gasteiger charge is 2.33. The Kier molecular flexibility index (Phi) is 3.70. The number of aryl methyl sites for hydroxylation is 1. The van der Waals surface area contributed by atoms with Crippen molar-refractivity contribution in [3.8, 4) is 0 Å². The van der Waals surface area contributed by atoms with Crippen LogP contribution in [0.1, 0.15) is 32.8 Å². The van der Waals surface area contributed by atoms with E-state index >= 15 is 0 Å². The first-order chi connectivity index (χ1) is 11.3. The molecule has 120 valence electrons. The highest BCUT2D eigenvalue weighted by Crippen LogP contribution is 2.45. The Bertz CT molecular complexity index is 840. The lowest BCUT2D eigenvalue weighted by molar-refractivity contribution is 0.383. The third kappa shape index (κ3) is 2.22. The second kappa shape index (κ2) is 5.73. The molecule has 0 aliphatic carbocycles. The van der Waals surface area contributed by atoms with Crippen LogP contribution in [0.5, 0.6) is 0 Å². The van der Waals surface area contributed by atoms with E-state index in [0.717, 1.165) is 23.7 Å². The Labute approximate surface area is 139 Å². The molecule has 2 heterocycles. The molecule has 0 amide bonds. The first-order valence-electron chi connectivity index (χ1n) is 8.37. The van der Waals surface area contributed by atoms with Crippen molar-refractivity contribution >= 4 is 32.1 Å². The third-order valence-corrected chi connectivity index (χ3v) is 6.77. The number of nitrogens with one attached hydrogen (secondary N) is 1. The van der Waals surface area contributed by atoms with Crippen LogP contribution in [0, 0.1) is 0 Å². The number of benzene rings is 2. The van der Waals surface area contributed by atoms with Gasteiger partial charge in [-0.05, 0) is 35.6 Å². The molecule has 2 aliphatic heterocycles. The van der Waals surface area contributed by atoms with Crippen molar-refractivity contribution in [1.29, 1.82) is 0 Å². The number of hydrogen-bond acceptors (Lipinski definition) is 4. The molecule has 2 unspecified atom stereocenters. The molecule has 0 saturated carbocycles. The number of rotatable bonds is 3. The second-order valence-corrected chi connectivity index (χ2v) is 8.06. The van der Waals surface area contributed by atoms with Crippen LogP contribution in [-0.4, -0.2) is 22.0 Å². The highest BCUT2D eigenvalue weighted by molar-refractivity contribution is 8.16. The maximum Gasteiger partial charge on any atom is 0.180 e. The Hall–Kier alpha value is -1.72. The van der Waals surface area contributed by atoms with Gasteiger partial charge in [-0.1, -0.05) is 45.0 Å². The summed E-state index contributed by atoms with van der Waals surface area (Å²) >= 11 is 0. The number of nitrogens with zero attached hydrogens (tertiary/aromatic N) is 3. The van der Waals surface area contributed by atoms with Crippen LogP contribution in [0.2, 0.25) is 0 Å². The summed E-state index contributed by atoms with van der Waals surface area (Å²) in [6.07, 6.45) is 2.14. The number of hydrogen-bond donors (Lipinski definition) is 1. The van der Waals surface area contributed by atoms with Gasteiger partial charge in [0.1, 0.15) is 6.17 Å². The minimum absolute atomic E-state index is 0.00225. The van der Waals surface area contributed by atoms with Gasteiger partial charge in [0.05, 0.1) is 5.69 Å². The van der Waals surface area contributed by atoms with E-state index < -0.39 is 0 Å². The predicted octanol–water partition coefficient (Wildman–Crippen LogP) is 4.98. The molecule has 1 N–H and O–H groups in total. The minimum Gasteiger partial charge on any atom is -0.309 e. The van der Waals surface area contributed by atoms with Gasteiger partial charge in [-0.3, -0.25) is 0 Å². The lowest BCUT2D eigenvalue weighted by atomic mass is 10.0. The standard InChI is InChI=1S/C18H22N4S/c1-4-12-7-9-14-13(11-12)8-10-15-17(14)21-22-16(5-2)19-20-18(22)23(15)6-3/h7-11,16,21H,4-6H2,1-3H3. The van der Waals surface area contributed by atoms with Crippen molar-refractivity contribution in [3.63, 3.8) is 0 Å². The molecule has 23 heavy (non-hydrogen) atoms. The van der Waals surface area contributed by atoms with Crippen molar-refractivity contribution in [2.45, 2.75) is 44.7 Å². The maximum absolute atomic E-state index is 4.49. The third-order valence-electron chi connectivity index (χ3n) is 4.61. The van der Waals surface area contributed by atoms with Crippen LogP contribution in [0.4, 0.5) is 5.69 Å². The molecule has 0 radical (unpaired) electrons. The minimum atomic E-state index is 0.00225. The van der Waals surface area contributed by atoms with Crippen molar-refractivity contribution in [2.75, 3.05) is 11.2 Å². The Morgan fingerprint density at radius 2 is 2.04 bits per heavy atom. The molecule has 4 rings (SSSR count). The van der Waals surface area contributed by atoms with Gasteiger partial charge in [0.2, 0.25) is 0 Å². The fraction of sp³-hybridized carbons (Fsp3) is 0.389. The Morgan fingerprint density at radius 1 is 1.17 bits per heavy atom. The summed E-state index contributed by atoms with van der Waals surface area (Å²) in [4.78, 5) is 1.37. The molecule has 0 saturated heterocycles. The zero-order valence-corrected chi connectivity index (χ0v) is 14.7. The summed E-state index contributed by atoms with van der Waals surface area (Å²) in [5.74, 6) is 1.06. The normalized spacial score (nSPS) is 23.0. The molecule has 2 aromatic carbocycles. The van der Waals surface area contributed by atoms with Gasteiger partial charge in [-0.15, -0.1) is 20.6 Å². The summed E-state index contributed by atoms with van der Waals surface area (Å²) in [6.45, 7) is 6.60. The van der Waals surface area contributed by atoms with E-state index in [0.29, 0.717) is 0 Å². The van der Waals surface area contributed by atoms with E-state index in [2.05, 4.69) is 71.8 Å². The zero-order chi connectivity index (χ0) is 16.0. The van der Waals surface area contributed by atoms with E-state index in [1.807, 2.05) is 0 Å². The molecule has 0 spiro atoms. The summed E-state index contributed by atoms with van der Waals surface area (Å²) in [6, 6.07) is 11.3. The Balaban J connectivity index is 1.93. The topological polar surface area (TPSA) is 40.0 Å². The lowest BCUT2D eigenvalue weighted by Gasteiger charge is -2.32. The molecule has 0 fully saturated rings. The number of fused-ring (bicyclic) bond motifs is 4. The SMILES string of the molecule is CCc1ccc2c3c(ccc2c1)S(CC)=C1N=NC(CC)N1N3. The fourth-order valence-corrected chi connectivity index (χ4v) is 5.25. The van der Waals surface area contributed by atoms with Gasteiger partial charge in [0, 0.05) is 10.3 Å². The fourth-order valence-electron chi connectivity index (χ4n) is 3.30. The molecule has 2 aliphatic rings. The molecule has 5 heteroatoms. The molecule has 4 nitrogen and oxygen atoms in total. The summed E-state index contributed by atoms with van der Waals surface area (Å²) in [5, 5.41) is 14.8. The summed E-state index contributed by atoms with van der Waals surface area (Å²) < 4.78 is 0. The van der Waals surface area contributed by atoms with E-state index in [1.165, 1.54) is 26.9 Å². The molecule has 2 atom stereocenters. The smallest absolute Gasteiger partial charge is 0.180 e. The predicted molar refractivity (Wildman–Crippen MR) is 99.1 cm³/mol. The summed E-state index contributed by atoms with van der Waals surface area (Å²) in [7, 11) is 0.00225.